The maximum Gasteiger partial charge on any atom is 0.177 e. The number of methoxy groups -OCH3 is 1. The number of nitrogens with zero attached hydrogens (tertiary/aromatic N) is 4. The molecule has 2 N–H and O–H groups in total. The Labute approximate surface area is 156 Å². The Kier molecular flexibility index (Phi) is 4.13. The zero-order valence-electron chi connectivity index (χ0n) is 15.1. The Bertz CT molecular complexity index is 1050. The Hall–Kier alpha value is -3.24. The highest BCUT2D eigenvalue weighted by Crippen LogP contribution is 2.38. The number of fused-ring (bicyclic) bond motifs is 1. The molecule has 0 unspecified atom stereocenters. The van der Waals surface area contributed by atoms with Gasteiger partial charge in [0.25, 0.3) is 0 Å². The number of benzene rings is 1. The highest BCUT2D eigenvalue weighted by molar-refractivity contribution is 5.98. The highest BCUT2D eigenvalue weighted by atomic mass is 16.5. The van der Waals surface area contributed by atoms with E-state index >= 15 is 0 Å². The summed E-state index contributed by atoms with van der Waals surface area (Å²) in [5.41, 5.74) is 2.17. The van der Waals surface area contributed by atoms with Gasteiger partial charge in [-0.1, -0.05) is 5.92 Å². The number of ether oxygens (including phenoxy) is 1. The predicted molar refractivity (Wildman–Crippen MR) is 102 cm³/mol. The van der Waals surface area contributed by atoms with E-state index in [0.717, 1.165) is 18.2 Å². The second-order valence-electron chi connectivity index (χ2n) is 6.97. The molecule has 1 saturated carbocycles. The summed E-state index contributed by atoms with van der Waals surface area (Å²) < 4.78 is 5.49. The molecule has 1 aliphatic rings. The minimum absolute atomic E-state index is 0.0495. The summed E-state index contributed by atoms with van der Waals surface area (Å²) >= 11 is 0. The first kappa shape index (κ1) is 17.2. The van der Waals surface area contributed by atoms with Crippen LogP contribution in [0.3, 0.4) is 0 Å². The molecule has 0 saturated heterocycles. The molecule has 0 aliphatic heterocycles. The van der Waals surface area contributed by atoms with Crippen LogP contribution >= 0.6 is 0 Å². The van der Waals surface area contributed by atoms with Gasteiger partial charge in [-0.2, -0.15) is 5.10 Å². The molecule has 3 aromatic rings. The standard InChI is InChI=1S/C20H19N5O2/c1-4-12-5-6-14(16(26)9-12)17-15-7-8-21-23-18(15)19(25-24-17)22-13-10-20(2,11-13)27-3/h1,5-9,13,26H,10-11H2,2-3H3,(H,22,25). The molecule has 136 valence electrons. The molecule has 1 aromatic carbocycles. The molecule has 1 aliphatic carbocycles. The molecule has 0 atom stereocenters. The van der Waals surface area contributed by atoms with Gasteiger partial charge in [0.1, 0.15) is 17.0 Å². The van der Waals surface area contributed by atoms with Crippen molar-refractivity contribution in [1.29, 1.82) is 0 Å². The van der Waals surface area contributed by atoms with Crippen LogP contribution in [0.15, 0.2) is 30.5 Å². The van der Waals surface area contributed by atoms with E-state index in [1.54, 1.807) is 25.4 Å². The highest BCUT2D eigenvalue weighted by Gasteiger charge is 2.40. The van der Waals surface area contributed by atoms with Crippen molar-refractivity contribution >= 4 is 16.7 Å². The number of phenols is 1. The lowest BCUT2D eigenvalue weighted by Gasteiger charge is -2.44. The van der Waals surface area contributed by atoms with Gasteiger partial charge in [0, 0.05) is 29.7 Å². The summed E-state index contributed by atoms with van der Waals surface area (Å²) in [6, 6.07) is 7.07. The van der Waals surface area contributed by atoms with Crippen LogP contribution in [-0.2, 0) is 4.74 Å². The van der Waals surface area contributed by atoms with Gasteiger partial charge in [-0.05, 0) is 44.0 Å². The van der Waals surface area contributed by atoms with Crippen LogP contribution in [0.25, 0.3) is 22.2 Å². The predicted octanol–water partition coefficient (Wildman–Crippen LogP) is 2.75. The van der Waals surface area contributed by atoms with E-state index in [4.69, 9.17) is 11.2 Å². The molecule has 0 bridgehead atoms. The summed E-state index contributed by atoms with van der Waals surface area (Å²) in [4.78, 5) is 0. The quantitative estimate of drug-likeness (QED) is 0.690. The van der Waals surface area contributed by atoms with Crippen molar-refractivity contribution in [3.8, 4) is 29.4 Å². The van der Waals surface area contributed by atoms with Gasteiger partial charge in [0.2, 0.25) is 0 Å². The van der Waals surface area contributed by atoms with Gasteiger partial charge in [-0.3, -0.25) is 0 Å². The van der Waals surface area contributed by atoms with E-state index in [-0.39, 0.29) is 17.4 Å². The van der Waals surface area contributed by atoms with Crippen molar-refractivity contribution in [2.45, 2.75) is 31.4 Å². The molecule has 2 heterocycles. The molecule has 7 heteroatoms. The third kappa shape index (κ3) is 3.04. The minimum atomic E-state index is -0.100. The maximum atomic E-state index is 10.4. The molecular formula is C20H19N5O2. The van der Waals surface area contributed by atoms with Gasteiger partial charge >= 0.3 is 0 Å². The van der Waals surface area contributed by atoms with E-state index in [1.807, 2.05) is 6.07 Å². The summed E-state index contributed by atoms with van der Waals surface area (Å²) in [5.74, 6) is 3.12. The van der Waals surface area contributed by atoms with Gasteiger partial charge in [0.15, 0.2) is 5.82 Å². The fourth-order valence-corrected chi connectivity index (χ4v) is 3.46. The van der Waals surface area contributed by atoms with E-state index in [0.29, 0.717) is 28.2 Å². The normalized spacial score (nSPS) is 21.4. The number of hydrogen-bond acceptors (Lipinski definition) is 7. The number of aromatic hydroxyl groups is 1. The summed E-state index contributed by atoms with van der Waals surface area (Å²) in [7, 11) is 1.73. The number of terminal acetylenes is 1. The average Bonchev–Trinajstić information content (AvgIpc) is 2.67. The van der Waals surface area contributed by atoms with Gasteiger partial charge < -0.3 is 15.2 Å². The van der Waals surface area contributed by atoms with Crippen LogP contribution in [0.1, 0.15) is 25.3 Å². The number of nitrogens with one attached hydrogen (secondary N) is 1. The Balaban J connectivity index is 1.72. The fraction of sp³-hybridized carbons (Fsp3) is 0.300. The third-order valence-corrected chi connectivity index (χ3v) is 5.06. The average molecular weight is 361 g/mol. The number of rotatable bonds is 4. The van der Waals surface area contributed by atoms with Crippen LogP contribution in [0.5, 0.6) is 5.75 Å². The Morgan fingerprint density at radius 3 is 2.78 bits per heavy atom. The van der Waals surface area contributed by atoms with Gasteiger partial charge in [-0.25, -0.2) is 0 Å². The first-order valence-electron chi connectivity index (χ1n) is 8.63. The van der Waals surface area contributed by atoms with Crippen molar-refractivity contribution < 1.29 is 9.84 Å². The van der Waals surface area contributed by atoms with Crippen molar-refractivity contribution in [3.05, 3.63) is 36.0 Å². The molecular weight excluding hydrogens is 342 g/mol. The van der Waals surface area contributed by atoms with Crippen LogP contribution in [-0.4, -0.2) is 44.3 Å². The first-order valence-corrected chi connectivity index (χ1v) is 8.63. The molecule has 4 rings (SSSR count). The lowest BCUT2D eigenvalue weighted by Crippen LogP contribution is -2.49. The lowest BCUT2D eigenvalue weighted by molar-refractivity contribution is -0.0625. The molecule has 7 nitrogen and oxygen atoms in total. The monoisotopic (exact) mass is 361 g/mol. The van der Waals surface area contributed by atoms with Crippen molar-refractivity contribution in [2.24, 2.45) is 0 Å². The second-order valence-corrected chi connectivity index (χ2v) is 6.97. The molecule has 0 spiro atoms. The topological polar surface area (TPSA) is 93.1 Å². The molecule has 27 heavy (non-hydrogen) atoms. The number of hydrogen-bond donors (Lipinski definition) is 2. The number of phenolic OH excluding ortho intramolecular Hbond substituents is 1. The first-order chi connectivity index (χ1) is 13.0. The van der Waals surface area contributed by atoms with Crippen LogP contribution < -0.4 is 5.32 Å². The number of aromatic nitrogens is 4. The lowest BCUT2D eigenvalue weighted by atomic mass is 9.77. The van der Waals surface area contributed by atoms with E-state index in [9.17, 15) is 5.11 Å². The smallest absolute Gasteiger partial charge is 0.177 e. The third-order valence-electron chi connectivity index (χ3n) is 5.06. The maximum absolute atomic E-state index is 10.4. The van der Waals surface area contributed by atoms with Gasteiger partial charge in [0.05, 0.1) is 11.8 Å². The second kappa shape index (κ2) is 6.49. The summed E-state index contributed by atoms with van der Waals surface area (Å²) in [6.45, 7) is 2.08. The van der Waals surface area contributed by atoms with Crippen molar-refractivity contribution in [3.63, 3.8) is 0 Å². The largest absolute Gasteiger partial charge is 0.507 e. The van der Waals surface area contributed by atoms with Gasteiger partial charge in [-0.15, -0.1) is 21.7 Å². The van der Waals surface area contributed by atoms with E-state index in [2.05, 4.69) is 38.6 Å². The molecule has 2 aromatic heterocycles. The van der Waals surface area contributed by atoms with E-state index in [1.165, 1.54) is 6.07 Å². The Morgan fingerprint density at radius 2 is 2.07 bits per heavy atom. The minimum Gasteiger partial charge on any atom is -0.507 e. The van der Waals surface area contributed by atoms with Crippen molar-refractivity contribution in [2.75, 3.05) is 12.4 Å². The van der Waals surface area contributed by atoms with Crippen LogP contribution in [0.4, 0.5) is 5.82 Å². The SMILES string of the molecule is C#Cc1ccc(-c2nnc(NC3CC(C)(OC)C3)c3nnccc23)c(O)c1. The van der Waals surface area contributed by atoms with E-state index < -0.39 is 0 Å². The van der Waals surface area contributed by atoms with Crippen LogP contribution in [0.2, 0.25) is 0 Å². The molecule has 0 radical (unpaired) electrons. The van der Waals surface area contributed by atoms with Crippen LogP contribution in [0, 0.1) is 12.3 Å². The zero-order chi connectivity index (χ0) is 19.0. The number of anilines is 1. The zero-order valence-corrected chi connectivity index (χ0v) is 15.1. The Morgan fingerprint density at radius 1 is 1.26 bits per heavy atom. The molecule has 1 fully saturated rings. The summed E-state index contributed by atoms with van der Waals surface area (Å²) in [5, 5.41) is 31.3. The molecule has 0 amide bonds. The summed E-state index contributed by atoms with van der Waals surface area (Å²) in [6.07, 6.45) is 8.74. The fourth-order valence-electron chi connectivity index (χ4n) is 3.46. The van der Waals surface area contributed by atoms with Crippen molar-refractivity contribution in [1.82, 2.24) is 20.4 Å².